The molecule has 118 valence electrons. The van der Waals surface area contributed by atoms with Gasteiger partial charge in [-0.2, -0.15) is 4.98 Å². The summed E-state index contributed by atoms with van der Waals surface area (Å²) in [6.07, 6.45) is 2.01. The van der Waals surface area contributed by atoms with Gasteiger partial charge in [0, 0.05) is 25.2 Å². The van der Waals surface area contributed by atoms with Crippen LogP contribution in [0.2, 0.25) is 0 Å². The minimum Gasteiger partial charge on any atom is -0.370 e. The van der Waals surface area contributed by atoms with Crippen LogP contribution >= 0.6 is 0 Å². The number of hydrogen-bond donors (Lipinski definition) is 1. The highest BCUT2D eigenvalue weighted by Gasteiger charge is 2.23. The Labute approximate surface area is 130 Å². The van der Waals surface area contributed by atoms with Gasteiger partial charge in [-0.3, -0.25) is 4.90 Å². The molecule has 0 bridgehead atoms. The molecule has 1 saturated heterocycles. The van der Waals surface area contributed by atoms with Crippen molar-refractivity contribution in [2.24, 2.45) is 5.92 Å². The molecule has 2 aromatic rings. The summed E-state index contributed by atoms with van der Waals surface area (Å²) >= 11 is 0. The van der Waals surface area contributed by atoms with E-state index in [1.807, 2.05) is 32.0 Å². The van der Waals surface area contributed by atoms with Gasteiger partial charge in [-0.05, 0) is 37.9 Å². The maximum Gasteiger partial charge on any atom is 0.240 e. The van der Waals surface area contributed by atoms with Crippen molar-refractivity contribution in [3.05, 3.63) is 35.6 Å². The molecule has 3 heterocycles. The maximum absolute atomic E-state index is 5.27. The highest BCUT2D eigenvalue weighted by atomic mass is 16.5. The predicted octanol–water partition coefficient (Wildman–Crippen LogP) is 2.27. The van der Waals surface area contributed by atoms with Crippen molar-refractivity contribution < 1.29 is 4.52 Å². The number of nitrogens with one attached hydrogen (secondary N) is 1. The molecule has 1 aliphatic heterocycles. The van der Waals surface area contributed by atoms with Crippen LogP contribution in [0.4, 0.5) is 5.82 Å². The van der Waals surface area contributed by atoms with E-state index < -0.39 is 0 Å². The minimum absolute atomic E-state index is 0.635. The Balaban J connectivity index is 1.46. The lowest BCUT2D eigenvalue weighted by Crippen LogP contribution is -2.23. The molecule has 1 N–H and O–H groups in total. The summed E-state index contributed by atoms with van der Waals surface area (Å²) in [5.41, 5.74) is 1.04. The van der Waals surface area contributed by atoms with Crippen LogP contribution < -0.4 is 5.32 Å². The molecule has 6 nitrogen and oxygen atoms in total. The summed E-state index contributed by atoms with van der Waals surface area (Å²) in [7, 11) is 0. The van der Waals surface area contributed by atoms with Gasteiger partial charge >= 0.3 is 0 Å². The monoisotopic (exact) mass is 301 g/mol. The molecule has 0 amide bonds. The first-order valence-corrected chi connectivity index (χ1v) is 7.94. The predicted molar refractivity (Wildman–Crippen MR) is 84.5 cm³/mol. The second kappa shape index (κ2) is 6.87. The SMILES string of the molecule is CCc1noc(CN2CCC(CNc3cccc(C)n3)C2)n1. The van der Waals surface area contributed by atoms with Crippen LogP contribution in [-0.4, -0.2) is 39.7 Å². The van der Waals surface area contributed by atoms with Gasteiger partial charge in [0.1, 0.15) is 5.82 Å². The van der Waals surface area contributed by atoms with E-state index in [4.69, 9.17) is 4.52 Å². The fraction of sp³-hybridized carbons (Fsp3) is 0.562. The number of likely N-dealkylation sites (tertiary alicyclic amines) is 1. The van der Waals surface area contributed by atoms with Crippen molar-refractivity contribution in [3.8, 4) is 0 Å². The maximum atomic E-state index is 5.27. The van der Waals surface area contributed by atoms with Crippen molar-refractivity contribution >= 4 is 5.82 Å². The Morgan fingerprint density at radius 3 is 3.05 bits per heavy atom. The highest BCUT2D eigenvalue weighted by Crippen LogP contribution is 2.19. The van der Waals surface area contributed by atoms with Gasteiger partial charge in [0.25, 0.3) is 0 Å². The Morgan fingerprint density at radius 1 is 1.36 bits per heavy atom. The smallest absolute Gasteiger partial charge is 0.240 e. The second-order valence-corrected chi connectivity index (χ2v) is 5.89. The largest absolute Gasteiger partial charge is 0.370 e. The summed E-state index contributed by atoms with van der Waals surface area (Å²) in [5, 5.41) is 7.38. The lowest BCUT2D eigenvalue weighted by molar-refractivity contribution is 0.261. The molecule has 22 heavy (non-hydrogen) atoms. The topological polar surface area (TPSA) is 67.1 Å². The molecule has 6 heteroatoms. The normalized spacial score (nSPS) is 18.7. The van der Waals surface area contributed by atoms with E-state index in [0.29, 0.717) is 5.92 Å². The molecule has 2 aromatic heterocycles. The Morgan fingerprint density at radius 2 is 2.27 bits per heavy atom. The van der Waals surface area contributed by atoms with Gasteiger partial charge in [0.2, 0.25) is 5.89 Å². The van der Waals surface area contributed by atoms with Crippen molar-refractivity contribution in [1.29, 1.82) is 0 Å². The Kier molecular flexibility index (Phi) is 4.68. The number of rotatable bonds is 6. The van der Waals surface area contributed by atoms with Crippen LogP contribution in [0.15, 0.2) is 22.7 Å². The van der Waals surface area contributed by atoms with E-state index in [0.717, 1.165) is 55.8 Å². The third kappa shape index (κ3) is 3.82. The number of pyridine rings is 1. The van der Waals surface area contributed by atoms with E-state index in [-0.39, 0.29) is 0 Å². The van der Waals surface area contributed by atoms with E-state index in [2.05, 4.69) is 25.3 Å². The third-order valence-electron chi connectivity index (χ3n) is 4.02. The average Bonchev–Trinajstić information content (AvgIpc) is 3.15. The molecule has 1 atom stereocenters. The zero-order valence-corrected chi connectivity index (χ0v) is 13.2. The first-order valence-electron chi connectivity index (χ1n) is 7.94. The van der Waals surface area contributed by atoms with Crippen LogP contribution in [0.5, 0.6) is 0 Å². The molecule has 0 saturated carbocycles. The molecule has 3 rings (SSSR count). The second-order valence-electron chi connectivity index (χ2n) is 5.89. The number of aromatic nitrogens is 3. The highest BCUT2D eigenvalue weighted by molar-refractivity contribution is 5.35. The summed E-state index contributed by atoms with van der Waals surface area (Å²) < 4.78 is 5.27. The zero-order valence-electron chi connectivity index (χ0n) is 13.2. The van der Waals surface area contributed by atoms with E-state index in [9.17, 15) is 0 Å². The summed E-state index contributed by atoms with van der Waals surface area (Å²) in [6, 6.07) is 6.06. The first-order chi connectivity index (χ1) is 10.7. The van der Waals surface area contributed by atoms with E-state index in [1.54, 1.807) is 0 Å². The van der Waals surface area contributed by atoms with Gasteiger partial charge in [-0.25, -0.2) is 4.98 Å². The van der Waals surface area contributed by atoms with E-state index in [1.165, 1.54) is 6.42 Å². The van der Waals surface area contributed by atoms with Crippen LogP contribution in [-0.2, 0) is 13.0 Å². The van der Waals surface area contributed by atoms with Crippen LogP contribution in [0.3, 0.4) is 0 Å². The van der Waals surface area contributed by atoms with Gasteiger partial charge in [0.15, 0.2) is 5.82 Å². The lowest BCUT2D eigenvalue weighted by atomic mass is 10.1. The zero-order chi connectivity index (χ0) is 15.4. The molecular formula is C16H23N5O. The van der Waals surface area contributed by atoms with Crippen LogP contribution in [0.1, 0.15) is 30.8 Å². The average molecular weight is 301 g/mol. The van der Waals surface area contributed by atoms with E-state index >= 15 is 0 Å². The molecule has 0 aromatic carbocycles. The Hall–Kier alpha value is -1.95. The molecule has 1 unspecified atom stereocenters. The van der Waals surface area contributed by atoms with Crippen LogP contribution in [0.25, 0.3) is 0 Å². The molecule has 1 aliphatic rings. The number of anilines is 1. The fourth-order valence-electron chi connectivity index (χ4n) is 2.80. The van der Waals surface area contributed by atoms with Crippen LogP contribution in [0, 0.1) is 12.8 Å². The van der Waals surface area contributed by atoms with Gasteiger partial charge in [0.05, 0.1) is 6.54 Å². The summed E-state index contributed by atoms with van der Waals surface area (Å²) in [5.74, 6) is 3.11. The van der Waals surface area contributed by atoms with Crippen molar-refractivity contribution in [2.45, 2.75) is 33.2 Å². The Bertz CT molecular complexity index is 612. The quantitative estimate of drug-likeness (QED) is 0.883. The third-order valence-corrected chi connectivity index (χ3v) is 4.02. The number of nitrogens with zero attached hydrogens (tertiary/aromatic N) is 4. The van der Waals surface area contributed by atoms with Gasteiger partial charge in [-0.15, -0.1) is 0 Å². The summed E-state index contributed by atoms with van der Waals surface area (Å²) in [4.78, 5) is 11.2. The standard InChI is InChI=1S/C16H23N5O/c1-3-14-19-16(22-20-14)11-21-8-7-13(10-21)9-17-15-6-4-5-12(2)18-15/h4-6,13H,3,7-11H2,1-2H3,(H,17,18). The molecule has 0 spiro atoms. The molecule has 0 aliphatic carbocycles. The van der Waals surface area contributed by atoms with Crippen molar-refractivity contribution in [3.63, 3.8) is 0 Å². The van der Waals surface area contributed by atoms with Crippen molar-refractivity contribution in [2.75, 3.05) is 25.0 Å². The van der Waals surface area contributed by atoms with Gasteiger partial charge in [-0.1, -0.05) is 18.1 Å². The number of aryl methyl sites for hydroxylation is 2. The number of hydrogen-bond acceptors (Lipinski definition) is 6. The minimum atomic E-state index is 0.635. The van der Waals surface area contributed by atoms with Crippen molar-refractivity contribution in [1.82, 2.24) is 20.0 Å². The lowest BCUT2D eigenvalue weighted by Gasteiger charge is -2.14. The molecule has 0 radical (unpaired) electrons. The summed E-state index contributed by atoms with van der Waals surface area (Å²) in [6.45, 7) is 7.90. The molecule has 1 fully saturated rings. The van der Waals surface area contributed by atoms with Gasteiger partial charge < -0.3 is 9.84 Å². The first kappa shape index (κ1) is 15.0. The molecular weight excluding hydrogens is 278 g/mol. The fourth-order valence-corrected chi connectivity index (χ4v) is 2.80.